The molecule has 3 heteroatoms. The first-order chi connectivity index (χ1) is 9.72. The number of carboxylic acid groups (broad SMARTS) is 1. The number of ether oxygens (including phenoxy) is 1. The predicted octanol–water partition coefficient (Wildman–Crippen LogP) is 5.10. The maximum absolute atomic E-state index is 11.0. The second kappa shape index (κ2) is 5.70. The Balaban J connectivity index is 2.27. The van der Waals surface area contributed by atoms with Crippen LogP contribution in [0.1, 0.15) is 70.4 Å². The molecule has 1 aliphatic rings. The monoisotopic (exact) mass is 290 g/mol. The van der Waals surface area contributed by atoms with Crippen LogP contribution in [0.2, 0.25) is 0 Å². The highest BCUT2D eigenvalue weighted by Gasteiger charge is 2.41. The van der Waals surface area contributed by atoms with Crippen LogP contribution in [0.15, 0.2) is 24.3 Å². The van der Waals surface area contributed by atoms with Crippen molar-refractivity contribution in [2.24, 2.45) is 0 Å². The van der Waals surface area contributed by atoms with E-state index in [2.05, 4.69) is 45.0 Å². The summed E-state index contributed by atoms with van der Waals surface area (Å²) in [5.41, 5.74) is 2.01. The van der Waals surface area contributed by atoms with Gasteiger partial charge in [-0.25, -0.2) is 4.79 Å². The number of rotatable bonds is 2. The SMILES string of the molecule is CC(C)(C)c1ccc(C2CCCCC2(C)OC(=O)O)cc1. The zero-order chi connectivity index (χ0) is 15.7. The fourth-order valence-electron chi connectivity index (χ4n) is 3.36. The molecule has 0 spiro atoms. The molecular weight excluding hydrogens is 264 g/mol. The van der Waals surface area contributed by atoms with Crippen LogP contribution in [0.25, 0.3) is 0 Å². The summed E-state index contributed by atoms with van der Waals surface area (Å²) in [6.07, 6.45) is 2.77. The van der Waals surface area contributed by atoms with Crippen LogP contribution in [0.3, 0.4) is 0 Å². The van der Waals surface area contributed by atoms with Gasteiger partial charge >= 0.3 is 6.16 Å². The van der Waals surface area contributed by atoms with E-state index < -0.39 is 11.8 Å². The zero-order valence-electron chi connectivity index (χ0n) is 13.5. The molecule has 0 radical (unpaired) electrons. The fourth-order valence-corrected chi connectivity index (χ4v) is 3.36. The Bertz CT molecular complexity index is 498. The molecule has 0 amide bonds. The lowest BCUT2D eigenvalue weighted by Crippen LogP contribution is -2.40. The predicted molar refractivity (Wildman–Crippen MR) is 83.9 cm³/mol. The van der Waals surface area contributed by atoms with Crippen LogP contribution in [-0.2, 0) is 10.2 Å². The second-order valence-corrected chi connectivity index (χ2v) is 7.35. The van der Waals surface area contributed by atoms with Gasteiger partial charge in [-0.1, -0.05) is 51.5 Å². The largest absolute Gasteiger partial charge is 0.506 e. The average Bonchev–Trinajstić information content (AvgIpc) is 2.37. The average molecular weight is 290 g/mol. The molecule has 0 bridgehead atoms. The minimum atomic E-state index is -1.17. The Morgan fingerprint density at radius 3 is 2.38 bits per heavy atom. The highest BCUT2D eigenvalue weighted by Crippen LogP contribution is 2.43. The summed E-state index contributed by atoms with van der Waals surface area (Å²) in [5.74, 6) is 0.149. The summed E-state index contributed by atoms with van der Waals surface area (Å²) in [5, 5.41) is 9.02. The number of carbonyl (C=O) groups is 1. The first-order valence-corrected chi connectivity index (χ1v) is 7.75. The lowest BCUT2D eigenvalue weighted by molar-refractivity contribution is -0.0433. The van der Waals surface area contributed by atoms with E-state index in [1.54, 1.807) is 0 Å². The molecule has 3 nitrogen and oxygen atoms in total. The van der Waals surface area contributed by atoms with Crippen LogP contribution in [0, 0.1) is 0 Å². The van der Waals surface area contributed by atoms with Crippen molar-refractivity contribution >= 4 is 6.16 Å². The van der Waals surface area contributed by atoms with Gasteiger partial charge in [-0.15, -0.1) is 0 Å². The molecular formula is C18H26O3. The van der Waals surface area contributed by atoms with E-state index in [0.717, 1.165) is 25.7 Å². The summed E-state index contributed by atoms with van der Waals surface area (Å²) in [4.78, 5) is 11.0. The minimum absolute atomic E-state index is 0.131. The van der Waals surface area contributed by atoms with E-state index in [-0.39, 0.29) is 11.3 Å². The molecule has 1 aliphatic carbocycles. The Kier molecular flexibility index (Phi) is 4.31. The molecule has 1 N–H and O–H groups in total. The molecule has 2 rings (SSSR count). The van der Waals surface area contributed by atoms with Gasteiger partial charge in [0.05, 0.1) is 0 Å². The molecule has 0 heterocycles. The topological polar surface area (TPSA) is 46.5 Å². The Morgan fingerprint density at radius 1 is 1.24 bits per heavy atom. The zero-order valence-corrected chi connectivity index (χ0v) is 13.5. The van der Waals surface area contributed by atoms with E-state index in [1.807, 2.05) is 6.92 Å². The molecule has 1 fully saturated rings. The van der Waals surface area contributed by atoms with E-state index in [0.29, 0.717) is 0 Å². The van der Waals surface area contributed by atoms with Gasteiger partial charge in [-0.3, -0.25) is 0 Å². The third kappa shape index (κ3) is 3.58. The van der Waals surface area contributed by atoms with Gasteiger partial charge in [0.1, 0.15) is 5.60 Å². The van der Waals surface area contributed by atoms with Crippen molar-refractivity contribution in [3.8, 4) is 0 Å². The summed E-state index contributed by atoms with van der Waals surface area (Å²) >= 11 is 0. The van der Waals surface area contributed by atoms with Crippen molar-refractivity contribution in [2.75, 3.05) is 0 Å². The maximum atomic E-state index is 11.0. The molecule has 0 aliphatic heterocycles. The molecule has 2 unspecified atom stereocenters. The molecule has 1 saturated carbocycles. The molecule has 0 aromatic heterocycles. The minimum Gasteiger partial charge on any atom is -0.450 e. The fraction of sp³-hybridized carbons (Fsp3) is 0.611. The summed E-state index contributed by atoms with van der Waals surface area (Å²) in [7, 11) is 0. The summed E-state index contributed by atoms with van der Waals surface area (Å²) < 4.78 is 5.26. The molecule has 0 saturated heterocycles. The normalized spacial score (nSPS) is 26.4. The van der Waals surface area contributed by atoms with Crippen molar-refractivity contribution in [1.29, 1.82) is 0 Å². The molecule has 116 valence electrons. The molecule has 1 aromatic rings. The second-order valence-electron chi connectivity index (χ2n) is 7.35. The summed E-state index contributed by atoms with van der Waals surface area (Å²) in [6, 6.07) is 8.59. The highest BCUT2D eigenvalue weighted by molar-refractivity contribution is 5.58. The van der Waals surface area contributed by atoms with Crippen molar-refractivity contribution < 1.29 is 14.6 Å². The van der Waals surface area contributed by atoms with Crippen molar-refractivity contribution in [1.82, 2.24) is 0 Å². The van der Waals surface area contributed by atoms with E-state index in [9.17, 15) is 4.79 Å². The van der Waals surface area contributed by atoms with Crippen LogP contribution >= 0.6 is 0 Å². The molecule has 21 heavy (non-hydrogen) atoms. The number of benzene rings is 1. The number of hydrogen-bond donors (Lipinski definition) is 1. The lowest BCUT2D eigenvalue weighted by Gasteiger charge is -2.40. The first kappa shape index (κ1) is 15.9. The quantitative estimate of drug-likeness (QED) is 0.771. The van der Waals surface area contributed by atoms with Gasteiger partial charge in [-0.2, -0.15) is 0 Å². The summed E-state index contributed by atoms with van der Waals surface area (Å²) in [6.45, 7) is 8.52. The molecule has 2 atom stereocenters. The Hall–Kier alpha value is -1.51. The third-order valence-corrected chi connectivity index (χ3v) is 4.65. The van der Waals surface area contributed by atoms with Crippen molar-refractivity contribution in [2.45, 2.75) is 70.3 Å². The van der Waals surface area contributed by atoms with Gasteiger partial charge in [-0.05, 0) is 42.7 Å². The van der Waals surface area contributed by atoms with Gasteiger partial charge in [0.25, 0.3) is 0 Å². The van der Waals surface area contributed by atoms with Gasteiger partial charge in [0.15, 0.2) is 0 Å². The number of hydrogen-bond acceptors (Lipinski definition) is 2. The van der Waals surface area contributed by atoms with Crippen molar-refractivity contribution in [3.05, 3.63) is 35.4 Å². The van der Waals surface area contributed by atoms with Gasteiger partial charge in [0, 0.05) is 5.92 Å². The Morgan fingerprint density at radius 2 is 1.86 bits per heavy atom. The van der Waals surface area contributed by atoms with E-state index in [4.69, 9.17) is 9.84 Å². The van der Waals surface area contributed by atoms with Crippen LogP contribution < -0.4 is 0 Å². The first-order valence-electron chi connectivity index (χ1n) is 7.75. The van der Waals surface area contributed by atoms with Crippen LogP contribution in [-0.4, -0.2) is 16.9 Å². The molecule has 1 aromatic carbocycles. The smallest absolute Gasteiger partial charge is 0.450 e. The van der Waals surface area contributed by atoms with E-state index in [1.165, 1.54) is 11.1 Å². The highest BCUT2D eigenvalue weighted by atomic mass is 16.7. The van der Waals surface area contributed by atoms with Gasteiger partial charge < -0.3 is 9.84 Å². The lowest BCUT2D eigenvalue weighted by atomic mass is 9.72. The standard InChI is InChI=1S/C18H26O3/c1-17(2,3)14-10-8-13(9-11-14)15-7-5-6-12-18(15,4)21-16(19)20/h8-11,15H,5-7,12H2,1-4H3,(H,19,20). The van der Waals surface area contributed by atoms with Crippen LogP contribution in [0.4, 0.5) is 4.79 Å². The van der Waals surface area contributed by atoms with E-state index >= 15 is 0 Å². The van der Waals surface area contributed by atoms with Gasteiger partial charge in [0.2, 0.25) is 0 Å². The van der Waals surface area contributed by atoms with Crippen LogP contribution in [0.5, 0.6) is 0 Å². The third-order valence-electron chi connectivity index (χ3n) is 4.65. The van der Waals surface area contributed by atoms with Crippen molar-refractivity contribution in [3.63, 3.8) is 0 Å². The maximum Gasteiger partial charge on any atom is 0.506 e. The Labute approximate surface area is 127 Å².